The third-order valence-corrected chi connectivity index (χ3v) is 9.76. The molecule has 4 aromatic heterocycles. The molecule has 0 unspecified atom stereocenters. The van der Waals surface area contributed by atoms with E-state index in [0.29, 0.717) is 30.3 Å². The summed E-state index contributed by atoms with van der Waals surface area (Å²) in [5.41, 5.74) is 7.16. The number of likely N-dealkylation sites (N-methyl/N-ethyl adjacent to an activating group) is 2. The summed E-state index contributed by atoms with van der Waals surface area (Å²) in [7, 11) is 3.53. The van der Waals surface area contributed by atoms with Gasteiger partial charge < -0.3 is 19.7 Å². The van der Waals surface area contributed by atoms with E-state index in [0.717, 1.165) is 70.0 Å². The van der Waals surface area contributed by atoms with Crippen LogP contribution in [0.4, 0.5) is 21.9 Å². The topological polar surface area (TPSA) is 132 Å². The predicted octanol–water partition coefficient (Wildman–Crippen LogP) is 5.35. The number of nitrogens with zero attached hydrogens (tertiary/aromatic N) is 8. The number of nitrogens with one attached hydrogen (secondary N) is 1. The van der Waals surface area contributed by atoms with Crippen LogP contribution in [0.3, 0.4) is 0 Å². The number of hydrogen-bond acceptors (Lipinski definition) is 9. The molecule has 252 valence electrons. The number of aromatic nitrogens is 5. The number of pyridine rings is 2. The van der Waals surface area contributed by atoms with Crippen LogP contribution in [0.2, 0.25) is 0 Å². The number of fused-ring (bicyclic) bond motifs is 2. The lowest BCUT2D eigenvalue weighted by molar-refractivity contribution is -0.123. The molecule has 3 fully saturated rings. The summed E-state index contributed by atoms with van der Waals surface area (Å²) >= 11 is 0. The third-order valence-electron chi connectivity index (χ3n) is 9.76. The quantitative estimate of drug-likeness (QED) is 0.191. The van der Waals surface area contributed by atoms with Gasteiger partial charge in [0.15, 0.2) is 5.65 Å². The van der Waals surface area contributed by atoms with Gasteiger partial charge in [0.05, 0.1) is 29.0 Å². The average molecular weight is 660 g/mol. The fourth-order valence-corrected chi connectivity index (χ4v) is 7.02. The molecule has 3 amide bonds. The number of benzene rings is 1. The van der Waals surface area contributed by atoms with Gasteiger partial charge in [-0.05, 0) is 87.9 Å². The van der Waals surface area contributed by atoms with Crippen LogP contribution in [0, 0.1) is 6.92 Å². The molecule has 2 atom stereocenters. The Labute approximate surface area is 284 Å². The molecule has 8 rings (SSSR count). The molecular weight excluding hydrogens is 618 g/mol. The minimum Gasteiger partial charge on any atom is -0.389 e. The van der Waals surface area contributed by atoms with E-state index in [1.165, 1.54) is 16.8 Å². The smallest absolute Gasteiger partial charge is 0.331 e. The van der Waals surface area contributed by atoms with Crippen molar-refractivity contribution >= 4 is 45.6 Å². The predicted molar refractivity (Wildman–Crippen MR) is 188 cm³/mol. The maximum absolute atomic E-state index is 12.9. The zero-order valence-corrected chi connectivity index (χ0v) is 28.5. The molecular formula is C37H41N9O3. The molecule has 2 saturated carbocycles. The van der Waals surface area contributed by atoms with Crippen LogP contribution in [0.5, 0.6) is 0 Å². The highest BCUT2D eigenvalue weighted by atomic mass is 16.3. The van der Waals surface area contributed by atoms with Crippen molar-refractivity contribution in [3.05, 3.63) is 83.5 Å². The van der Waals surface area contributed by atoms with Gasteiger partial charge in [-0.15, -0.1) is 0 Å². The summed E-state index contributed by atoms with van der Waals surface area (Å²) in [4.78, 5) is 49.4. The van der Waals surface area contributed by atoms with Crippen LogP contribution in [-0.2, 0) is 11.3 Å². The second-order valence-corrected chi connectivity index (χ2v) is 14.5. The van der Waals surface area contributed by atoms with E-state index in [1.807, 2.05) is 62.8 Å². The van der Waals surface area contributed by atoms with Crippen LogP contribution < -0.4 is 15.1 Å². The Hall–Kier alpha value is -5.10. The number of urea groups is 1. The lowest BCUT2D eigenvalue weighted by atomic mass is 10.1. The van der Waals surface area contributed by atoms with Crippen molar-refractivity contribution in [2.75, 3.05) is 42.3 Å². The van der Waals surface area contributed by atoms with E-state index >= 15 is 0 Å². The first-order chi connectivity index (χ1) is 23.4. The average Bonchev–Trinajstić information content (AvgIpc) is 3.99. The highest BCUT2D eigenvalue weighted by Crippen LogP contribution is 2.54. The number of imide groups is 1. The van der Waals surface area contributed by atoms with Gasteiger partial charge in [0, 0.05) is 79.2 Å². The molecule has 1 saturated heterocycles. The van der Waals surface area contributed by atoms with Gasteiger partial charge in [-0.2, -0.15) is 0 Å². The monoisotopic (exact) mass is 659 g/mol. The van der Waals surface area contributed by atoms with Crippen molar-refractivity contribution < 1.29 is 14.7 Å². The van der Waals surface area contributed by atoms with E-state index in [1.54, 1.807) is 0 Å². The van der Waals surface area contributed by atoms with E-state index in [2.05, 4.69) is 44.6 Å². The number of amides is 3. The summed E-state index contributed by atoms with van der Waals surface area (Å²) in [5.74, 6) is 1.56. The van der Waals surface area contributed by atoms with Gasteiger partial charge in [0.25, 0.3) is 0 Å². The fourth-order valence-electron chi connectivity index (χ4n) is 7.02. The molecule has 0 radical (unpaired) electrons. The number of anilines is 3. The molecule has 2 aliphatic carbocycles. The van der Waals surface area contributed by atoms with E-state index in [9.17, 15) is 14.7 Å². The van der Waals surface area contributed by atoms with Crippen molar-refractivity contribution in [3.8, 4) is 0 Å². The first-order valence-corrected chi connectivity index (χ1v) is 16.9. The number of aryl methyl sites for hydroxylation is 1. The molecule has 12 nitrogen and oxygen atoms in total. The minimum atomic E-state index is -0.871. The minimum absolute atomic E-state index is 0.0121. The van der Waals surface area contributed by atoms with Crippen LogP contribution in [0.1, 0.15) is 79.3 Å². The van der Waals surface area contributed by atoms with Crippen molar-refractivity contribution in [3.63, 3.8) is 0 Å². The molecule has 1 aromatic carbocycles. The lowest BCUT2D eigenvalue weighted by Crippen LogP contribution is -2.36. The Morgan fingerprint density at radius 3 is 2.57 bits per heavy atom. The molecule has 12 heteroatoms. The van der Waals surface area contributed by atoms with Crippen LogP contribution >= 0.6 is 0 Å². The number of rotatable bonds is 10. The van der Waals surface area contributed by atoms with Gasteiger partial charge in [0.2, 0.25) is 5.91 Å². The fraction of sp³-hybridized carbons (Fsp3) is 0.405. The Bertz CT molecular complexity index is 2130. The van der Waals surface area contributed by atoms with E-state index in [4.69, 9.17) is 9.97 Å². The van der Waals surface area contributed by atoms with Gasteiger partial charge in [0.1, 0.15) is 12.4 Å². The Morgan fingerprint density at radius 2 is 1.86 bits per heavy atom. The number of hydrogen-bond donors (Lipinski definition) is 2. The Morgan fingerprint density at radius 1 is 1.04 bits per heavy atom. The SMILES string of the molecule is Cc1ccnc([C@H]2C[C@@H]2c2cc(N(C)CC(C)(C)O)c3ccc(NCc4cn5cc(C6CC6)cc(N6CC(=O)N(C)C6=O)c5n4)cc3n2)n1. The maximum Gasteiger partial charge on any atom is 0.331 e. The van der Waals surface area contributed by atoms with Gasteiger partial charge in [-0.1, -0.05) is 0 Å². The van der Waals surface area contributed by atoms with Crippen LogP contribution in [0.25, 0.3) is 16.6 Å². The highest BCUT2D eigenvalue weighted by molar-refractivity contribution is 6.13. The molecule has 0 spiro atoms. The normalized spacial score (nSPS) is 19.4. The van der Waals surface area contributed by atoms with Crippen molar-refractivity contribution in [2.45, 2.75) is 69.9 Å². The van der Waals surface area contributed by atoms with E-state index in [-0.39, 0.29) is 30.3 Å². The Kier molecular flexibility index (Phi) is 7.32. The highest BCUT2D eigenvalue weighted by Gasteiger charge is 2.43. The number of imidazole rings is 1. The molecule has 49 heavy (non-hydrogen) atoms. The molecule has 5 aromatic rings. The van der Waals surface area contributed by atoms with Gasteiger partial charge >= 0.3 is 6.03 Å². The van der Waals surface area contributed by atoms with E-state index < -0.39 is 5.60 Å². The zero-order valence-electron chi connectivity index (χ0n) is 28.5. The Balaban J connectivity index is 1.09. The number of aliphatic hydroxyl groups is 1. The lowest BCUT2D eigenvalue weighted by Gasteiger charge is -2.28. The van der Waals surface area contributed by atoms with Gasteiger partial charge in [-0.3, -0.25) is 19.6 Å². The zero-order chi connectivity index (χ0) is 34.2. The molecule has 5 heterocycles. The molecule has 0 bridgehead atoms. The molecule has 3 aliphatic rings. The molecule has 1 aliphatic heterocycles. The van der Waals surface area contributed by atoms with Crippen molar-refractivity contribution in [2.24, 2.45) is 0 Å². The summed E-state index contributed by atoms with van der Waals surface area (Å²) in [6, 6.07) is 12.0. The summed E-state index contributed by atoms with van der Waals surface area (Å²) in [5, 5.41) is 15.2. The number of carbonyl (C=O) groups is 2. The summed E-state index contributed by atoms with van der Waals surface area (Å²) in [6.07, 6.45) is 9.09. The van der Waals surface area contributed by atoms with Crippen LogP contribution in [0.15, 0.2) is 55.0 Å². The van der Waals surface area contributed by atoms with Crippen molar-refractivity contribution in [1.82, 2.24) is 29.2 Å². The summed E-state index contributed by atoms with van der Waals surface area (Å²) < 4.78 is 1.99. The standard InChI is InChI=1S/C37H41N9O3/c1-21-10-11-38-34(40-21)28-14-27(28)30-15-31(43(4)20-37(2,3)49)26-9-8-24(13-29(26)42-30)39-16-25-18-45-17-23(22-6-7-22)12-32(35(45)41-25)46-19-33(47)44(5)36(46)48/h8-13,15,17-18,22,27-28,39,49H,6-7,14,16,19-20H2,1-5H3/t27-,28-/m0/s1. The largest absolute Gasteiger partial charge is 0.389 e. The maximum atomic E-state index is 12.9. The molecule has 2 N–H and O–H groups in total. The van der Waals surface area contributed by atoms with Crippen LogP contribution in [-0.4, -0.2) is 79.1 Å². The summed E-state index contributed by atoms with van der Waals surface area (Å²) in [6.45, 7) is 6.56. The second kappa shape index (κ2) is 11.5. The first kappa shape index (κ1) is 31.2. The second-order valence-electron chi connectivity index (χ2n) is 14.5. The van der Waals surface area contributed by atoms with Crippen molar-refractivity contribution in [1.29, 1.82) is 0 Å². The van der Waals surface area contributed by atoms with Gasteiger partial charge in [-0.25, -0.2) is 19.7 Å². The number of carbonyl (C=O) groups excluding carboxylic acids is 2. The third kappa shape index (κ3) is 6.05. The first-order valence-electron chi connectivity index (χ1n) is 16.9.